The molecule has 2 rings (SSSR count). The first kappa shape index (κ1) is 14.1. The number of hydrogen-bond donors (Lipinski definition) is 0. The summed E-state index contributed by atoms with van der Waals surface area (Å²) < 4.78 is 0. The molecular formula is C16H24N2O. The minimum atomic E-state index is -0.296. The summed E-state index contributed by atoms with van der Waals surface area (Å²) in [5.41, 5.74) is 1.91. The summed E-state index contributed by atoms with van der Waals surface area (Å²) in [5.74, 6) is 0.218. The Morgan fingerprint density at radius 1 is 1.26 bits per heavy atom. The molecule has 1 aliphatic rings. The molecule has 3 nitrogen and oxygen atoms in total. The van der Waals surface area contributed by atoms with Crippen molar-refractivity contribution in [3.05, 3.63) is 29.8 Å². The molecule has 1 saturated heterocycles. The second kappa shape index (κ2) is 4.97. The first-order chi connectivity index (χ1) is 8.93. The number of anilines is 1. The largest absolute Gasteiger partial charge is 0.294 e. The fourth-order valence-electron chi connectivity index (χ4n) is 3.01. The van der Waals surface area contributed by atoms with Gasteiger partial charge in [-0.25, -0.2) is 0 Å². The molecular weight excluding hydrogens is 236 g/mol. The average molecular weight is 260 g/mol. The third-order valence-electron chi connectivity index (χ3n) is 4.10. The number of hydrogen-bond acceptors (Lipinski definition) is 2. The zero-order chi connectivity index (χ0) is 14.2. The Bertz CT molecular complexity index is 477. The highest BCUT2D eigenvalue weighted by Gasteiger charge is 2.56. The number of β-lactam (4-membered cyclic amide) rings is 1. The Labute approximate surface area is 116 Å². The minimum Gasteiger partial charge on any atom is -0.294 e. The molecule has 0 aliphatic carbocycles. The van der Waals surface area contributed by atoms with Gasteiger partial charge in [0.05, 0.1) is 5.41 Å². The van der Waals surface area contributed by atoms with Crippen LogP contribution in [0, 0.1) is 12.3 Å². The number of nitrogens with zero attached hydrogens (tertiary/aromatic N) is 2. The van der Waals surface area contributed by atoms with Gasteiger partial charge in [-0.15, -0.1) is 0 Å². The lowest BCUT2D eigenvalue weighted by Gasteiger charge is -2.56. The summed E-state index contributed by atoms with van der Waals surface area (Å²) in [6, 6.07) is 8.19. The van der Waals surface area contributed by atoms with Crippen LogP contribution in [-0.2, 0) is 4.79 Å². The zero-order valence-corrected chi connectivity index (χ0v) is 12.6. The van der Waals surface area contributed by atoms with Crippen LogP contribution in [0.1, 0.15) is 33.3 Å². The molecule has 3 heteroatoms. The van der Waals surface area contributed by atoms with Gasteiger partial charge in [0.2, 0.25) is 5.91 Å². The van der Waals surface area contributed by atoms with Crippen LogP contribution in [0.3, 0.4) is 0 Å². The molecule has 0 N–H and O–H groups in total. The Morgan fingerprint density at radius 2 is 1.89 bits per heavy atom. The van der Waals surface area contributed by atoms with E-state index in [4.69, 9.17) is 0 Å². The van der Waals surface area contributed by atoms with Crippen molar-refractivity contribution in [1.82, 2.24) is 4.90 Å². The van der Waals surface area contributed by atoms with Crippen molar-refractivity contribution in [2.75, 3.05) is 18.0 Å². The fraction of sp³-hybridized carbons (Fsp3) is 0.562. The predicted molar refractivity (Wildman–Crippen MR) is 79.2 cm³/mol. The molecule has 0 aromatic heterocycles. The van der Waals surface area contributed by atoms with Gasteiger partial charge in [0.25, 0.3) is 0 Å². The second-order valence-corrected chi connectivity index (χ2v) is 5.83. The standard InChI is InChI=1S/C16H24N2O/c1-6-17(7-2)14-16(4,5)15(19)18(14)13-10-8-9-12(3)11-13/h8-11,14H,6-7H2,1-5H3. The van der Waals surface area contributed by atoms with Crippen LogP contribution in [0.15, 0.2) is 24.3 Å². The molecule has 0 spiro atoms. The predicted octanol–water partition coefficient (Wildman–Crippen LogP) is 3.04. The van der Waals surface area contributed by atoms with Gasteiger partial charge >= 0.3 is 0 Å². The van der Waals surface area contributed by atoms with Crippen molar-refractivity contribution >= 4 is 11.6 Å². The van der Waals surface area contributed by atoms with E-state index in [0.29, 0.717) is 0 Å². The molecule has 1 fully saturated rings. The topological polar surface area (TPSA) is 23.6 Å². The maximum Gasteiger partial charge on any atom is 0.237 e. The number of carbonyl (C=O) groups excluding carboxylic acids is 1. The van der Waals surface area contributed by atoms with E-state index in [1.807, 2.05) is 30.9 Å². The van der Waals surface area contributed by atoms with Gasteiger partial charge in [-0.3, -0.25) is 14.6 Å². The van der Waals surface area contributed by atoms with Crippen LogP contribution in [0.5, 0.6) is 0 Å². The van der Waals surface area contributed by atoms with Crippen molar-refractivity contribution in [3.8, 4) is 0 Å². The van der Waals surface area contributed by atoms with Crippen molar-refractivity contribution in [3.63, 3.8) is 0 Å². The van der Waals surface area contributed by atoms with Gasteiger partial charge in [0.15, 0.2) is 0 Å². The molecule has 1 aromatic rings. The van der Waals surface area contributed by atoms with Crippen LogP contribution in [0.2, 0.25) is 0 Å². The van der Waals surface area contributed by atoms with E-state index in [-0.39, 0.29) is 17.5 Å². The summed E-state index contributed by atoms with van der Waals surface area (Å²) in [7, 11) is 0. The van der Waals surface area contributed by atoms with Gasteiger partial charge in [0.1, 0.15) is 6.17 Å². The molecule has 0 radical (unpaired) electrons. The zero-order valence-electron chi connectivity index (χ0n) is 12.6. The average Bonchev–Trinajstić information content (AvgIpc) is 2.39. The van der Waals surface area contributed by atoms with Crippen LogP contribution < -0.4 is 4.90 Å². The highest BCUT2D eigenvalue weighted by Crippen LogP contribution is 2.43. The van der Waals surface area contributed by atoms with Crippen molar-refractivity contribution in [1.29, 1.82) is 0 Å². The number of rotatable bonds is 4. The Hall–Kier alpha value is -1.35. The molecule has 1 unspecified atom stereocenters. The van der Waals surface area contributed by atoms with E-state index in [0.717, 1.165) is 18.8 Å². The Balaban J connectivity index is 2.36. The van der Waals surface area contributed by atoms with Crippen molar-refractivity contribution in [2.45, 2.75) is 40.8 Å². The highest BCUT2D eigenvalue weighted by molar-refractivity contribution is 6.05. The maximum absolute atomic E-state index is 12.4. The molecule has 1 heterocycles. The third kappa shape index (κ3) is 2.16. The van der Waals surface area contributed by atoms with Gasteiger partial charge in [-0.1, -0.05) is 26.0 Å². The van der Waals surface area contributed by atoms with E-state index in [9.17, 15) is 4.79 Å². The molecule has 104 valence electrons. The van der Waals surface area contributed by atoms with E-state index in [1.54, 1.807) is 0 Å². The third-order valence-corrected chi connectivity index (χ3v) is 4.10. The minimum absolute atomic E-state index is 0.164. The Kier molecular flexibility index (Phi) is 3.68. The van der Waals surface area contributed by atoms with Crippen LogP contribution in [0.4, 0.5) is 5.69 Å². The summed E-state index contributed by atoms with van der Waals surface area (Å²) in [4.78, 5) is 16.7. The quantitative estimate of drug-likeness (QED) is 0.777. The van der Waals surface area contributed by atoms with E-state index in [1.165, 1.54) is 5.56 Å². The first-order valence-electron chi connectivity index (χ1n) is 7.07. The SMILES string of the molecule is CCN(CC)C1N(c2cccc(C)c2)C(=O)C1(C)C. The van der Waals surface area contributed by atoms with Crippen molar-refractivity contribution in [2.24, 2.45) is 5.41 Å². The number of benzene rings is 1. The van der Waals surface area contributed by atoms with Gasteiger partial charge in [-0.2, -0.15) is 0 Å². The highest BCUT2D eigenvalue weighted by atomic mass is 16.2. The van der Waals surface area contributed by atoms with Gasteiger partial charge in [0, 0.05) is 5.69 Å². The smallest absolute Gasteiger partial charge is 0.237 e. The molecule has 1 aliphatic heterocycles. The summed E-state index contributed by atoms with van der Waals surface area (Å²) in [6.07, 6.45) is 0.164. The van der Waals surface area contributed by atoms with Crippen LogP contribution in [0.25, 0.3) is 0 Å². The Morgan fingerprint density at radius 3 is 2.42 bits per heavy atom. The molecule has 0 bridgehead atoms. The first-order valence-corrected chi connectivity index (χ1v) is 7.07. The normalized spacial score (nSPS) is 21.7. The molecule has 1 amide bonds. The molecule has 0 saturated carbocycles. The van der Waals surface area contributed by atoms with Crippen molar-refractivity contribution < 1.29 is 4.79 Å². The summed E-state index contributed by atoms with van der Waals surface area (Å²) in [5, 5.41) is 0. The number of carbonyl (C=O) groups is 1. The summed E-state index contributed by atoms with van der Waals surface area (Å²) in [6.45, 7) is 12.4. The lowest BCUT2D eigenvalue weighted by molar-refractivity contribution is -0.144. The fourth-order valence-corrected chi connectivity index (χ4v) is 3.01. The van der Waals surface area contributed by atoms with E-state index >= 15 is 0 Å². The van der Waals surface area contributed by atoms with Crippen LogP contribution in [-0.4, -0.2) is 30.1 Å². The van der Waals surface area contributed by atoms with E-state index < -0.39 is 0 Å². The number of aryl methyl sites for hydroxylation is 1. The molecule has 19 heavy (non-hydrogen) atoms. The summed E-state index contributed by atoms with van der Waals surface area (Å²) >= 11 is 0. The maximum atomic E-state index is 12.4. The second-order valence-electron chi connectivity index (χ2n) is 5.83. The molecule has 1 aromatic carbocycles. The van der Waals surface area contributed by atoms with Crippen LogP contribution >= 0.6 is 0 Å². The lowest BCUT2D eigenvalue weighted by atomic mass is 9.77. The van der Waals surface area contributed by atoms with Gasteiger partial charge < -0.3 is 0 Å². The molecule has 1 atom stereocenters. The number of amides is 1. The monoisotopic (exact) mass is 260 g/mol. The van der Waals surface area contributed by atoms with Gasteiger partial charge in [-0.05, 0) is 51.6 Å². The lowest BCUT2D eigenvalue weighted by Crippen LogP contribution is -2.73. The van der Waals surface area contributed by atoms with E-state index in [2.05, 4.69) is 37.8 Å².